The average molecular weight is 535 g/mol. The normalized spacial score (nSPS) is 15.5. The summed E-state index contributed by atoms with van der Waals surface area (Å²) >= 11 is 0.990. The van der Waals surface area contributed by atoms with Crippen molar-refractivity contribution in [2.75, 3.05) is 29.9 Å². The molecule has 0 bridgehead atoms. The van der Waals surface area contributed by atoms with Gasteiger partial charge >= 0.3 is 0 Å². The van der Waals surface area contributed by atoms with Gasteiger partial charge in [-0.2, -0.15) is 0 Å². The summed E-state index contributed by atoms with van der Waals surface area (Å²) in [6.07, 6.45) is 0.575. The van der Waals surface area contributed by atoms with Crippen LogP contribution in [0.1, 0.15) is 40.1 Å². The Hall–Kier alpha value is -3.15. The van der Waals surface area contributed by atoms with Crippen molar-refractivity contribution >= 4 is 44.1 Å². The van der Waals surface area contributed by atoms with Crippen LogP contribution in [0, 0.1) is 11.6 Å². The summed E-state index contributed by atoms with van der Waals surface area (Å²) in [7, 11) is -3.10. The number of carbonyl (C=O) groups is 2. The molecule has 1 aliphatic rings. The highest BCUT2D eigenvalue weighted by Crippen LogP contribution is 2.39. The minimum absolute atomic E-state index is 0.0603. The van der Waals surface area contributed by atoms with E-state index in [0.717, 1.165) is 23.5 Å². The second-order valence-corrected chi connectivity index (χ2v) is 12.4. The Kier molecular flexibility index (Phi) is 7.00. The average Bonchev–Trinajstić information content (AvgIpc) is 3.20. The van der Waals surface area contributed by atoms with E-state index in [1.54, 1.807) is 24.3 Å². The Morgan fingerprint density at radius 2 is 1.67 bits per heavy atom. The number of carbonyl (C=O) groups excluding carboxylic acids is 2. The molecular weight excluding hydrogens is 510 g/mol. The van der Waals surface area contributed by atoms with E-state index in [0.29, 0.717) is 22.5 Å². The monoisotopic (exact) mass is 534 g/mol. The summed E-state index contributed by atoms with van der Waals surface area (Å²) in [5.41, 5.74) is -0.493. The molecule has 0 aliphatic carbocycles. The molecule has 1 fully saturated rings. The summed E-state index contributed by atoms with van der Waals surface area (Å²) in [6, 6.07) is 9.93. The van der Waals surface area contributed by atoms with E-state index < -0.39 is 27.1 Å². The highest BCUT2D eigenvalue weighted by Gasteiger charge is 2.26. The van der Waals surface area contributed by atoms with Gasteiger partial charge < -0.3 is 15.3 Å². The van der Waals surface area contributed by atoms with Gasteiger partial charge in [0, 0.05) is 34.8 Å². The summed E-state index contributed by atoms with van der Waals surface area (Å²) < 4.78 is 52.8. The highest BCUT2D eigenvalue weighted by atomic mass is 32.2. The number of thiophene rings is 1. The minimum atomic E-state index is -3.10. The largest absolute Gasteiger partial charge is 0.386 e. The molecule has 11 heteroatoms. The Labute approximate surface area is 211 Å². The standard InChI is InChI=1S/C25H24F2N2O5S2/c1-25(2,32)17-12-19(26)22(20(27)13-17)21-11-16(14-30)23(35-21)28-18-5-3-15(4-6-18)24(31)29-7-9-36(33,34)10-8-29/h3-6,11-14,28,32H,7-10H2,1-2H3. The van der Waals surface area contributed by atoms with Crippen LogP contribution in [0.3, 0.4) is 0 Å². The number of aldehydes is 1. The third kappa shape index (κ3) is 5.48. The molecule has 36 heavy (non-hydrogen) atoms. The van der Waals surface area contributed by atoms with Gasteiger partial charge in [-0.15, -0.1) is 11.3 Å². The van der Waals surface area contributed by atoms with Crippen LogP contribution in [-0.4, -0.2) is 55.2 Å². The second-order valence-electron chi connectivity index (χ2n) is 9.03. The number of nitrogens with one attached hydrogen (secondary N) is 1. The van der Waals surface area contributed by atoms with Crippen molar-refractivity contribution in [3.8, 4) is 10.4 Å². The lowest BCUT2D eigenvalue weighted by Gasteiger charge is -2.26. The lowest BCUT2D eigenvalue weighted by atomic mass is 9.96. The SMILES string of the molecule is CC(C)(O)c1cc(F)c(-c2cc(C=O)c(Nc3ccc(C(=O)N4CCS(=O)(=O)CC4)cc3)s2)c(F)c1. The number of hydrogen-bond acceptors (Lipinski definition) is 7. The van der Waals surface area contributed by atoms with Gasteiger partial charge in [-0.05, 0) is 61.9 Å². The number of sulfone groups is 1. The van der Waals surface area contributed by atoms with Crippen LogP contribution >= 0.6 is 11.3 Å². The molecule has 4 rings (SSSR count). The summed E-state index contributed by atoms with van der Waals surface area (Å²) in [5.74, 6) is -2.11. The number of hydrogen-bond donors (Lipinski definition) is 2. The lowest BCUT2D eigenvalue weighted by Crippen LogP contribution is -2.43. The third-order valence-corrected chi connectivity index (χ3v) is 8.60. The quantitative estimate of drug-likeness (QED) is 0.456. The Balaban J connectivity index is 1.54. The van der Waals surface area contributed by atoms with Crippen LogP contribution in [0.15, 0.2) is 42.5 Å². The molecule has 0 unspecified atom stereocenters. The zero-order valence-corrected chi connectivity index (χ0v) is 21.2. The maximum atomic E-state index is 14.8. The lowest BCUT2D eigenvalue weighted by molar-refractivity contribution is 0.0767. The fourth-order valence-electron chi connectivity index (χ4n) is 3.80. The van der Waals surface area contributed by atoms with E-state index in [4.69, 9.17) is 0 Å². The number of benzene rings is 2. The van der Waals surface area contributed by atoms with Gasteiger partial charge in [-0.1, -0.05) is 0 Å². The molecular formula is C25H24F2N2O5S2. The second kappa shape index (κ2) is 9.72. The molecule has 7 nitrogen and oxygen atoms in total. The van der Waals surface area contributed by atoms with Crippen molar-refractivity contribution in [2.45, 2.75) is 19.4 Å². The molecule has 190 valence electrons. The predicted octanol–water partition coefficient (Wildman–Crippen LogP) is 4.35. The van der Waals surface area contributed by atoms with Crippen molar-refractivity contribution in [1.82, 2.24) is 4.90 Å². The van der Waals surface area contributed by atoms with E-state index in [9.17, 15) is 31.9 Å². The van der Waals surface area contributed by atoms with Crippen LogP contribution in [0.4, 0.5) is 19.5 Å². The molecule has 1 amide bonds. The third-order valence-electron chi connectivity index (χ3n) is 5.90. The summed E-state index contributed by atoms with van der Waals surface area (Å²) in [6.45, 7) is 3.14. The molecule has 0 atom stereocenters. The van der Waals surface area contributed by atoms with Crippen LogP contribution in [0.5, 0.6) is 0 Å². The molecule has 2 heterocycles. The maximum absolute atomic E-state index is 14.8. The van der Waals surface area contributed by atoms with Crippen LogP contribution in [-0.2, 0) is 15.4 Å². The van der Waals surface area contributed by atoms with Crippen LogP contribution < -0.4 is 5.32 Å². The Morgan fingerprint density at radius 1 is 1.08 bits per heavy atom. The van der Waals surface area contributed by atoms with Crippen LogP contribution in [0.2, 0.25) is 0 Å². The van der Waals surface area contributed by atoms with Crippen molar-refractivity contribution < 1.29 is 31.9 Å². The van der Waals surface area contributed by atoms with Gasteiger partial charge in [0.25, 0.3) is 5.91 Å². The molecule has 2 aromatic carbocycles. The molecule has 1 aromatic heterocycles. The molecule has 1 aliphatic heterocycles. The van der Waals surface area contributed by atoms with Crippen molar-refractivity contribution in [2.24, 2.45) is 0 Å². The van der Waals surface area contributed by atoms with Crippen molar-refractivity contribution in [3.63, 3.8) is 0 Å². The van der Waals surface area contributed by atoms with Gasteiger partial charge in [0.05, 0.1) is 22.7 Å². The van der Waals surface area contributed by atoms with Gasteiger partial charge in [0.2, 0.25) is 0 Å². The smallest absolute Gasteiger partial charge is 0.253 e. The van der Waals surface area contributed by atoms with Crippen LogP contribution in [0.25, 0.3) is 10.4 Å². The first-order valence-electron chi connectivity index (χ1n) is 11.1. The zero-order chi connectivity index (χ0) is 26.3. The molecule has 0 saturated carbocycles. The van der Waals surface area contributed by atoms with E-state index >= 15 is 0 Å². The van der Waals surface area contributed by atoms with Gasteiger partial charge in [0.15, 0.2) is 16.1 Å². The zero-order valence-electron chi connectivity index (χ0n) is 19.5. The number of amides is 1. The summed E-state index contributed by atoms with van der Waals surface area (Å²) in [4.78, 5) is 26.0. The number of halogens is 2. The van der Waals surface area contributed by atoms with E-state index in [1.165, 1.54) is 24.8 Å². The van der Waals surface area contributed by atoms with E-state index in [1.807, 2.05) is 0 Å². The topological polar surface area (TPSA) is 104 Å². The fourth-order valence-corrected chi connectivity index (χ4v) is 6.10. The van der Waals surface area contributed by atoms with Gasteiger partial charge in [0.1, 0.15) is 16.6 Å². The Morgan fingerprint density at radius 3 is 2.19 bits per heavy atom. The minimum Gasteiger partial charge on any atom is -0.386 e. The molecule has 2 N–H and O–H groups in total. The summed E-state index contributed by atoms with van der Waals surface area (Å²) in [5, 5.41) is 13.5. The predicted molar refractivity (Wildman–Crippen MR) is 135 cm³/mol. The number of rotatable bonds is 6. The molecule has 1 saturated heterocycles. The highest BCUT2D eigenvalue weighted by molar-refractivity contribution is 7.91. The van der Waals surface area contributed by atoms with E-state index in [2.05, 4.69) is 5.32 Å². The maximum Gasteiger partial charge on any atom is 0.253 e. The van der Waals surface area contributed by atoms with Crippen molar-refractivity contribution in [1.29, 1.82) is 0 Å². The molecule has 3 aromatic rings. The fraction of sp³-hybridized carbons (Fsp3) is 0.280. The van der Waals surface area contributed by atoms with Crippen molar-refractivity contribution in [3.05, 3.63) is 70.8 Å². The number of nitrogens with zero attached hydrogens (tertiary/aromatic N) is 1. The Bertz CT molecular complexity index is 1390. The van der Waals surface area contributed by atoms with Gasteiger partial charge in [-0.25, -0.2) is 17.2 Å². The van der Waals surface area contributed by atoms with Gasteiger partial charge in [-0.3, -0.25) is 9.59 Å². The first-order valence-corrected chi connectivity index (χ1v) is 13.7. The number of anilines is 2. The number of aliphatic hydroxyl groups is 1. The molecule has 0 spiro atoms. The van der Waals surface area contributed by atoms with E-state index in [-0.39, 0.29) is 52.1 Å². The first-order chi connectivity index (χ1) is 16.9. The molecule has 0 radical (unpaired) electrons. The first kappa shape index (κ1) is 25.9.